The Morgan fingerprint density at radius 2 is 2.03 bits per heavy atom. The maximum absolute atomic E-state index is 12.5. The largest absolute Gasteiger partial charge is 0.351 e. The fourth-order valence-corrected chi connectivity index (χ4v) is 4.43. The van der Waals surface area contributed by atoms with Gasteiger partial charge in [-0.25, -0.2) is 4.98 Å². The highest BCUT2D eigenvalue weighted by Crippen LogP contribution is 2.24. The molecule has 4 rings (SSSR count). The van der Waals surface area contributed by atoms with E-state index >= 15 is 0 Å². The molecule has 3 N–H and O–H groups in total. The van der Waals surface area contributed by atoms with Crippen molar-refractivity contribution < 1.29 is 4.79 Å². The van der Waals surface area contributed by atoms with Crippen LogP contribution in [0.3, 0.4) is 0 Å². The van der Waals surface area contributed by atoms with Crippen LogP contribution in [0, 0.1) is 19.3 Å². The molecule has 0 atom stereocenters. The molecule has 0 fully saturated rings. The Morgan fingerprint density at radius 3 is 2.78 bits per heavy atom. The summed E-state index contributed by atoms with van der Waals surface area (Å²) in [4.78, 5) is 17.1. The van der Waals surface area contributed by atoms with E-state index in [1.54, 1.807) is 16.7 Å². The van der Waals surface area contributed by atoms with Crippen molar-refractivity contribution in [3.63, 3.8) is 0 Å². The standard InChI is InChI=1S/C22H20Cl2N6OS/c1-12-8-16(6-7-17(12)24)30-20(25)19-13(2)28-29-21(19)27-22(30)32-11-18(31)26-10-14-4-3-5-15(23)9-14/h3-9,25H,10-11H2,1-2H3,(H,26,31)(H,28,29). The first kappa shape index (κ1) is 22.4. The number of aromatic amines is 1. The topological polar surface area (TPSA) is 99.4 Å². The van der Waals surface area contributed by atoms with Gasteiger partial charge in [0.25, 0.3) is 0 Å². The van der Waals surface area contributed by atoms with E-state index in [2.05, 4.69) is 20.5 Å². The zero-order valence-electron chi connectivity index (χ0n) is 17.4. The second kappa shape index (κ2) is 9.36. The maximum Gasteiger partial charge on any atom is 0.230 e. The molecule has 0 spiro atoms. The lowest BCUT2D eigenvalue weighted by atomic mass is 10.2. The second-order valence-corrected chi connectivity index (χ2v) is 9.04. The normalized spacial score (nSPS) is 11.1. The van der Waals surface area contributed by atoms with Crippen molar-refractivity contribution in [3.8, 4) is 5.69 Å². The van der Waals surface area contributed by atoms with Gasteiger partial charge in [-0.1, -0.05) is 47.1 Å². The quantitative estimate of drug-likeness (QED) is 0.274. The van der Waals surface area contributed by atoms with Crippen molar-refractivity contribution in [2.75, 3.05) is 5.75 Å². The number of nitrogens with one attached hydrogen (secondary N) is 3. The molecular formula is C22H20Cl2N6OS. The molecule has 32 heavy (non-hydrogen) atoms. The van der Waals surface area contributed by atoms with Gasteiger partial charge in [-0.05, 0) is 55.3 Å². The average Bonchev–Trinajstić information content (AvgIpc) is 3.14. The molecule has 0 aliphatic rings. The van der Waals surface area contributed by atoms with Crippen LogP contribution in [0.2, 0.25) is 10.0 Å². The number of H-pyrrole nitrogens is 1. The Kier molecular flexibility index (Phi) is 6.55. The summed E-state index contributed by atoms with van der Waals surface area (Å²) in [7, 11) is 0. The summed E-state index contributed by atoms with van der Waals surface area (Å²) in [6, 6.07) is 12.9. The monoisotopic (exact) mass is 486 g/mol. The number of carbonyl (C=O) groups is 1. The number of aromatic nitrogens is 4. The fourth-order valence-electron chi connectivity index (χ4n) is 3.26. The molecule has 0 saturated carbocycles. The Labute approximate surface area is 198 Å². The van der Waals surface area contributed by atoms with Crippen LogP contribution in [0.5, 0.6) is 0 Å². The van der Waals surface area contributed by atoms with Crippen LogP contribution >= 0.6 is 35.0 Å². The van der Waals surface area contributed by atoms with Crippen molar-refractivity contribution in [2.45, 2.75) is 25.5 Å². The van der Waals surface area contributed by atoms with E-state index in [0.29, 0.717) is 32.8 Å². The van der Waals surface area contributed by atoms with Gasteiger partial charge in [0.05, 0.1) is 11.1 Å². The second-order valence-electron chi connectivity index (χ2n) is 7.25. The third-order valence-corrected chi connectivity index (χ3v) is 6.49. The van der Waals surface area contributed by atoms with Gasteiger partial charge in [-0.3, -0.25) is 19.9 Å². The first-order valence-electron chi connectivity index (χ1n) is 9.76. The number of aryl methyl sites for hydroxylation is 2. The number of hydrogen-bond donors (Lipinski definition) is 3. The maximum atomic E-state index is 12.5. The summed E-state index contributed by atoms with van der Waals surface area (Å²) >= 11 is 13.4. The summed E-state index contributed by atoms with van der Waals surface area (Å²) in [5.74, 6) is -0.0189. The highest BCUT2D eigenvalue weighted by Gasteiger charge is 2.16. The molecule has 7 nitrogen and oxygen atoms in total. The first-order chi connectivity index (χ1) is 15.3. The van der Waals surface area contributed by atoms with Gasteiger partial charge in [0.2, 0.25) is 5.91 Å². The molecule has 10 heteroatoms. The van der Waals surface area contributed by atoms with E-state index < -0.39 is 0 Å². The van der Waals surface area contributed by atoms with Crippen LogP contribution in [0.15, 0.2) is 47.6 Å². The molecule has 0 aliphatic carbocycles. The van der Waals surface area contributed by atoms with Crippen molar-refractivity contribution in [1.29, 1.82) is 5.41 Å². The van der Waals surface area contributed by atoms with Gasteiger partial charge in [0.15, 0.2) is 10.8 Å². The predicted octanol–water partition coefficient (Wildman–Crippen LogP) is 4.56. The minimum Gasteiger partial charge on any atom is -0.351 e. The first-order valence-corrected chi connectivity index (χ1v) is 11.5. The number of benzene rings is 2. The Morgan fingerprint density at radius 1 is 1.22 bits per heavy atom. The van der Waals surface area contributed by atoms with Crippen LogP contribution in [-0.2, 0) is 11.3 Å². The highest BCUT2D eigenvalue weighted by atomic mass is 35.5. The van der Waals surface area contributed by atoms with E-state index in [0.717, 1.165) is 22.5 Å². The summed E-state index contributed by atoms with van der Waals surface area (Å²) in [5, 5.41) is 21.2. The van der Waals surface area contributed by atoms with Gasteiger partial charge < -0.3 is 5.32 Å². The van der Waals surface area contributed by atoms with Gasteiger partial charge >= 0.3 is 0 Å². The zero-order valence-corrected chi connectivity index (χ0v) is 19.7. The van der Waals surface area contributed by atoms with E-state index in [-0.39, 0.29) is 17.1 Å². The number of halogens is 2. The minimum atomic E-state index is -0.152. The smallest absolute Gasteiger partial charge is 0.230 e. The number of nitrogens with zero attached hydrogens (tertiary/aromatic N) is 3. The molecule has 0 bridgehead atoms. The van der Waals surface area contributed by atoms with Gasteiger partial charge in [-0.2, -0.15) is 5.10 Å². The number of carbonyl (C=O) groups excluding carboxylic acids is 1. The molecule has 164 valence electrons. The third kappa shape index (κ3) is 4.67. The van der Waals surface area contributed by atoms with Crippen LogP contribution < -0.4 is 10.8 Å². The molecule has 4 aromatic rings. The predicted molar refractivity (Wildman–Crippen MR) is 128 cm³/mol. The van der Waals surface area contributed by atoms with Crippen LogP contribution in [0.1, 0.15) is 16.8 Å². The van der Waals surface area contributed by atoms with Crippen LogP contribution in [-0.4, -0.2) is 31.4 Å². The molecule has 0 saturated heterocycles. The van der Waals surface area contributed by atoms with Gasteiger partial charge in [0.1, 0.15) is 5.49 Å². The van der Waals surface area contributed by atoms with Crippen LogP contribution in [0.25, 0.3) is 16.7 Å². The zero-order chi connectivity index (χ0) is 22.8. The number of thioether (sulfide) groups is 1. The lowest BCUT2D eigenvalue weighted by Gasteiger charge is -2.14. The molecule has 0 radical (unpaired) electrons. The number of fused-ring (bicyclic) bond motifs is 1. The molecule has 0 aliphatic heterocycles. The van der Waals surface area contributed by atoms with Gasteiger partial charge in [0, 0.05) is 28.0 Å². The van der Waals surface area contributed by atoms with E-state index in [9.17, 15) is 4.79 Å². The van der Waals surface area contributed by atoms with E-state index in [4.69, 9.17) is 28.6 Å². The molecule has 0 unspecified atom stereocenters. The highest BCUT2D eigenvalue weighted by molar-refractivity contribution is 7.99. The van der Waals surface area contributed by atoms with Crippen molar-refractivity contribution in [1.82, 2.24) is 25.1 Å². The minimum absolute atomic E-state index is 0.133. The number of amides is 1. The number of hydrogen-bond acceptors (Lipinski definition) is 5. The van der Waals surface area contributed by atoms with Crippen LogP contribution in [0.4, 0.5) is 0 Å². The molecule has 2 heterocycles. The van der Waals surface area contributed by atoms with Gasteiger partial charge in [-0.15, -0.1) is 0 Å². The lowest BCUT2D eigenvalue weighted by molar-refractivity contribution is -0.118. The van der Waals surface area contributed by atoms with E-state index in [1.165, 1.54) is 11.8 Å². The lowest BCUT2D eigenvalue weighted by Crippen LogP contribution is -2.26. The molecule has 2 aromatic carbocycles. The van der Waals surface area contributed by atoms with Crippen molar-refractivity contribution in [3.05, 3.63) is 74.8 Å². The molecule has 2 aromatic heterocycles. The van der Waals surface area contributed by atoms with E-state index in [1.807, 2.05) is 44.2 Å². The number of rotatable bonds is 6. The molecule has 1 amide bonds. The Bertz CT molecular complexity index is 1380. The van der Waals surface area contributed by atoms with Crippen molar-refractivity contribution >= 4 is 51.9 Å². The molecular weight excluding hydrogens is 467 g/mol. The SMILES string of the molecule is Cc1cc(-n2c(SCC(=O)NCc3cccc(Cl)c3)nc3n[nH]c(C)c3c2=N)ccc1Cl. The van der Waals surface area contributed by atoms with Crippen molar-refractivity contribution in [2.24, 2.45) is 0 Å². The Balaban J connectivity index is 1.62. The summed E-state index contributed by atoms with van der Waals surface area (Å²) < 4.78 is 1.71. The summed E-state index contributed by atoms with van der Waals surface area (Å²) in [5.41, 5.74) is 3.99. The average molecular weight is 487 g/mol. The summed E-state index contributed by atoms with van der Waals surface area (Å²) in [6.07, 6.45) is 0. The summed E-state index contributed by atoms with van der Waals surface area (Å²) in [6.45, 7) is 4.13. The Hall–Kier alpha value is -2.81. The fraction of sp³-hybridized carbons (Fsp3) is 0.182. The third-order valence-electron chi connectivity index (χ3n) is 4.89.